The first-order valence-electron chi connectivity index (χ1n) is 11.9. The number of hydrogen-bond acceptors (Lipinski definition) is 5. The van der Waals surface area contributed by atoms with Crippen LogP contribution in [0.5, 0.6) is 0 Å². The van der Waals surface area contributed by atoms with E-state index in [1.54, 1.807) is 4.90 Å². The molecule has 0 spiro atoms. The fraction of sp³-hybridized carbons (Fsp3) is 0.520. The molecule has 8 heteroatoms. The van der Waals surface area contributed by atoms with Crippen LogP contribution >= 0.6 is 0 Å². The second-order valence-electron chi connectivity index (χ2n) is 9.45. The van der Waals surface area contributed by atoms with Gasteiger partial charge in [0.05, 0.1) is 17.6 Å². The number of benzene rings is 1. The maximum absolute atomic E-state index is 13.5. The number of rotatable bonds is 4. The summed E-state index contributed by atoms with van der Waals surface area (Å²) in [5.41, 5.74) is 2.39. The summed E-state index contributed by atoms with van der Waals surface area (Å²) in [7, 11) is 2.08. The van der Waals surface area contributed by atoms with Gasteiger partial charge in [-0.1, -0.05) is 18.2 Å². The van der Waals surface area contributed by atoms with Crippen molar-refractivity contribution in [3.8, 4) is 0 Å². The first-order chi connectivity index (χ1) is 16.0. The minimum absolute atomic E-state index is 0.00211. The second kappa shape index (κ2) is 9.09. The Morgan fingerprint density at radius 2 is 1.82 bits per heavy atom. The van der Waals surface area contributed by atoms with Crippen LogP contribution < -0.4 is 0 Å². The predicted octanol–water partition coefficient (Wildman–Crippen LogP) is 1.56. The van der Waals surface area contributed by atoms with E-state index in [1.165, 1.54) is 0 Å². The van der Waals surface area contributed by atoms with E-state index in [0.29, 0.717) is 31.6 Å². The fourth-order valence-corrected chi connectivity index (χ4v) is 5.12. The average molecular weight is 450 g/mol. The van der Waals surface area contributed by atoms with Crippen LogP contribution in [0.2, 0.25) is 0 Å². The third kappa shape index (κ3) is 4.44. The van der Waals surface area contributed by atoms with Gasteiger partial charge in [0.25, 0.3) is 5.91 Å². The zero-order valence-corrected chi connectivity index (χ0v) is 19.2. The summed E-state index contributed by atoms with van der Waals surface area (Å²) in [6.45, 7) is 5.28. The molecular formula is C25H31N5O3. The smallest absolute Gasteiger partial charge is 0.254 e. The highest BCUT2D eigenvalue weighted by atomic mass is 16.2. The minimum atomic E-state index is 0.00211. The van der Waals surface area contributed by atoms with E-state index in [4.69, 9.17) is 4.98 Å². The van der Waals surface area contributed by atoms with E-state index >= 15 is 0 Å². The average Bonchev–Trinajstić information content (AvgIpc) is 3.48. The summed E-state index contributed by atoms with van der Waals surface area (Å²) in [4.78, 5) is 50.7. The zero-order valence-electron chi connectivity index (χ0n) is 19.2. The van der Waals surface area contributed by atoms with Crippen LogP contribution in [0.4, 0.5) is 0 Å². The summed E-state index contributed by atoms with van der Waals surface area (Å²) >= 11 is 0. The van der Waals surface area contributed by atoms with E-state index in [1.807, 2.05) is 40.1 Å². The van der Waals surface area contributed by atoms with Gasteiger partial charge in [0, 0.05) is 69.2 Å². The molecule has 2 aromatic rings. The van der Waals surface area contributed by atoms with Gasteiger partial charge in [0.1, 0.15) is 0 Å². The van der Waals surface area contributed by atoms with Crippen molar-refractivity contribution in [3.63, 3.8) is 0 Å². The Balaban J connectivity index is 1.36. The Hall–Kier alpha value is -3.00. The molecule has 0 bridgehead atoms. The first kappa shape index (κ1) is 21.8. The van der Waals surface area contributed by atoms with Crippen molar-refractivity contribution >= 4 is 28.6 Å². The Kier molecular flexibility index (Phi) is 6.01. The number of fused-ring (bicyclic) bond motifs is 1. The molecule has 0 unspecified atom stereocenters. The molecule has 1 atom stereocenters. The van der Waals surface area contributed by atoms with Crippen molar-refractivity contribution in [2.75, 3.05) is 59.4 Å². The molecule has 3 amide bonds. The van der Waals surface area contributed by atoms with Gasteiger partial charge < -0.3 is 19.6 Å². The number of piperazine rings is 1. The molecule has 3 saturated heterocycles. The Bertz CT molecular complexity index is 1080. The van der Waals surface area contributed by atoms with E-state index in [2.05, 4.69) is 11.9 Å². The molecule has 8 nitrogen and oxygen atoms in total. The third-order valence-electron chi connectivity index (χ3n) is 7.21. The summed E-state index contributed by atoms with van der Waals surface area (Å²) < 4.78 is 0. The van der Waals surface area contributed by atoms with Crippen molar-refractivity contribution in [2.45, 2.75) is 25.2 Å². The van der Waals surface area contributed by atoms with Gasteiger partial charge in [-0.2, -0.15) is 0 Å². The standard InChI is InChI=1S/C25H31N5O3/c1-27-11-13-28(14-12-27)25(33)20-15-22(26-21-6-3-2-5-19(20)21)18-8-10-30(16-18)24(32)17-29-9-4-7-23(29)31/h2-3,5-6,15,18H,4,7-14,16-17H2,1H3/t18-/m0/s1. The third-order valence-corrected chi connectivity index (χ3v) is 7.21. The molecule has 174 valence electrons. The highest BCUT2D eigenvalue weighted by Gasteiger charge is 2.32. The van der Waals surface area contributed by atoms with E-state index in [0.717, 1.165) is 55.6 Å². The monoisotopic (exact) mass is 449 g/mol. The number of aromatic nitrogens is 1. The number of hydrogen-bond donors (Lipinski definition) is 0. The Morgan fingerprint density at radius 1 is 1.03 bits per heavy atom. The minimum Gasteiger partial charge on any atom is -0.340 e. The van der Waals surface area contributed by atoms with Crippen molar-refractivity contribution in [3.05, 3.63) is 41.6 Å². The van der Waals surface area contributed by atoms with Gasteiger partial charge in [-0.3, -0.25) is 19.4 Å². The molecule has 3 aliphatic heterocycles. The van der Waals surface area contributed by atoms with Gasteiger partial charge in [-0.05, 0) is 32.0 Å². The molecule has 0 aliphatic carbocycles. The highest BCUT2D eigenvalue weighted by molar-refractivity contribution is 6.06. The summed E-state index contributed by atoms with van der Waals surface area (Å²) in [5, 5.41) is 0.878. The Morgan fingerprint density at radius 3 is 2.58 bits per heavy atom. The van der Waals surface area contributed by atoms with Gasteiger partial charge in [-0.25, -0.2) is 0 Å². The number of carbonyl (C=O) groups excluding carboxylic acids is 3. The van der Waals surface area contributed by atoms with Crippen LogP contribution in [0.3, 0.4) is 0 Å². The van der Waals surface area contributed by atoms with E-state index in [9.17, 15) is 14.4 Å². The molecule has 1 aromatic carbocycles. The summed E-state index contributed by atoms with van der Waals surface area (Å²) in [6, 6.07) is 9.76. The quantitative estimate of drug-likeness (QED) is 0.708. The second-order valence-corrected chi connectivity index (χ2v) is 9.45. The van der Waals surface area contributed by atoms with Crippen LogP contribution in [-0.4, -0.2) is 102 Å². The molecule has 3 aliphatic rings. The van der Waals surface area contributed by atoms with Crippen LogP contribution in [-0.2, 0) is 9.59 Å². The van der Waals surface area contributed by atoms with Crippen LogP contribution in [0.1, 0.15) is 41.2 Å². The van der Waals surface area contributed by atoms with Crippen LogP contribution in [0, 0.1) is 0 Å². The molecule has 5 rings (SSSR count). The van der Waals surface area contributed by atoms with Crippen LogP contribution in [0.25, 0.3) is 10.9 Å². The summed E-state index contributed by atoms with van der Waals surface area (Å²) in [6.07, 6.45) is 2.19. The molecule has 3 fully saturated rings. The van der Waals surface area contributed by atoms with Crippen LogP contribution in [0.15, 0.2) is 30.3 Å². The SMILES string of the molecule is CN1CCN(C(=O)c2cc([C@H]3CCN(C(=O)CN4CCCC4=O)C3)nc3ccccc23)CC1. The van der Waals surface area contributed by atoms with Crippen molar-refractivity contribution in [1.29, 1.82) is 0 Å². The largest absolute Gasteiger partial charge is 0.340 e. The fourth-order valence-electron chi connectivity index (χ4n) is 5.12. The first-order valence-corrected chi connectivity index (χ1v) is 11.9. The Labute approximate surface area is 194 Å². The van der Waals surface area contributed by atoms with Crippen molar-refractivity contribution in [1.82, 2.24) is 24.6 Å². The molecule has 0 N–H and O–H groups in total. The lowest BCUT2D eigenvalue weighted by molar-refractivity contribution is -0.137. The lowest BCUT2D eigenvalue weighted by Gasteiger charge is -2.32. The predicted molar refractivity (Wildman–Crippen MR) is 125 cm³/mol. The molecule has 33 heavy (non-hydrogen) atoms. The van der Waals surface area contributed by atoms with E-state index < -0.39 is 0 Å². The molecular weight excluding hydrogens is 418 g/mol. The lowest BCUT2D eigenvalue weighted by atomic mass is 9.98. The summed E-state index contributed by atoms with van der Waals surface area (Å²) in [5.74, 6) is 0.220. The number of pyridine rings is 1. The number of nitrogens with zero attached hydrogens (tertiary/aromatic N) is 5. The van der Waals surface area contributed by atoms with Gasteiger partial charge in [-0.15, -0.1) is 0 Å². The number of likely N-dealkylation sites (tertiary alicyclic amines) is 2. The van der Waals surface area contributed by atoms with E-state index in [-0.39, 0.29) is 30.2 Å². The number of carbonyl (C=O) groups is 3. The zero-order chi connectivity index (χ0) is 22.9. The highest BCUT2D eigenvalue weighted by Crippen LogP contribution is 2.30. The number of para-hydroxylation sites is 1. The molecule has 4 heterocycles. The topological polar surface area (TPSA) is 77.1 Å². The molecule has 1 aromatic heterocycles. The maximum atomic E-state index is 13.5. The van der Waals surface area contributed by atoms with Gasteiger partial charge in [0.2, 0.25) is 11.8 Å². The number of amides is 3. The van der Waals surface area contributed by atoms with Crippen molar-refractivity contribution < 1.29 is 14.4 Å². The van der Waals surface area contributed by atoms with Crippen molar-refractivity contribution in [2.24, 2.45) is 0 Å². The van der Waals surface area contributed by atoms with Gasteiger partial charge >= 0.3 is 0 Å². The lowest BCUT2D eigenvalue weighted by Crippen LogP contribution is -2.47. The maximum Gasteiger partial charge on any atom is 0.254 e. The number of likely N-dealkylation sites (N-methyl/N-ethyl adjacent to an activating group) is 1. The normalized spacial score (nSPS) is 21.9. The molecule has 0 radical (unpaired) electrons. The molecule has 0 saturated carbocycles. The van der Waals surface area contributed by atoms with Gasteiger partial charge in [0.15, 0.2) is 0 Å².